The molecular formula is C23H26ClN5O. The zero-order valence-corrected chi connectivity index (χ0v) is 17.7. The number of carbonyl (C=O) groups is 1. The minimum Gasteiger partial charge on any atom is -0.371 e. The maximum atomic E-state index is 12.8. The molecule has 6 nitrogen and oxygen atoms in total. The van der Waals surface area contributed by atoms with Gasteiger partial charge in [0.1, 0.15) is 5.82 Å². The lowest BCUT2D eigenvalue weighted by molar-refractivity contribution is -0.137. The number of aromatic nitrogens is 3. The molecule has 0 aliphatic carbocycles. The molecule has 2 fully saturated rings. The van der Waals surface area contributed by atoms with Crippen molar-refractivity contribution in [1.82, 2.24) is 19.9 Å². The Morgan fingerprint density at radius 1 is 1.07 bits per heavy atom. The summed E-state index contributed by atoms with van der Waals surface area (Å²) in [6.07, 6.45) is 8.87. The molecule has 3 aromatic rings. The van der Waals surface area contributed by atoms with E-state index in [0.29, 0.717) is 10.9 Å². The molecule has 2 aliphatic rings. The molecule has 2 saturated heterocycles. The fourth-order valence-corrected chi connectivity index (χ4v) is 4.84. The predicted molar refractivity (Wildman–Crippen MR) is 120 cm³/mol. The van der Waals surface area contributed by atoms with Crippen molar-refractivity contribution in [3.05, 3.63) is 41.7 Å². The summed E-state index contributed by atoms with van der Waals surface area (Å²) in [6, 6.07) is 7.98. The second-order valence-electron chi connectivity index (χ2n) is 8.29. The van der Waals surface area contributed by atoms with E-state index < -0.39 is 0 Å². The smallest absolute Gasteiger partial charge is 0.225 e. The molecule has 0 bridgehead atoms. The van der Waals surface area contributed by atoms with Crippen LogP contribution in [0.1, 0.15) is 32.1 Å². The third-order valence-corrected chi connectivity index (χ3v) is 6.70. The summed E-state index contributed by atoms with van der Waals surface area (Å²) in [4.78, 5) is 29.4. The summed E-state index contributed by atoms with van der Waals surface area (Å²) in [6.45, 7) is 3.64. The first-order valence-electron chi connectivity index (χ1n) is 10.8. The molecule has 5 rings (SSSR count). The number of pyridine rings is 1. The molecule has 2 aromatic heterocycles. The highest BCUT2D eigenvalue weighted by Crippen LogP contribution is 2.33. The maximum absolute atomic E-state index is 12.8. The van der Waals surface area contributed by atoms with E-state index in [1.54, 1.807) is 12.4 Å². The number of carbonyl (C=O) groups excluding carboxylic acids is 1. The number of rotatable bonds is 3. The van der Waals surface area contributed by atoms with Crippen LogP contribution in [0.4, 0.5) is 5.69 Å². The van der Waals surface area contributed by atoms with E-state index in [0.717, 1.165) is 80.0 Å². The molecular weight excluding hydrogens is 398 g/mol. The normalized spacial score (nSPS) is 18.2. The van der Waals surface area contributed by atoms with Gasteiger partial charge in [0, 0.05) is 49.5 Å². The molecule has 7 heteroatoms. The summed E-state index contributed by atoms with van der Waals surface area (Å²) in [5.74, 6) is 1.27. The van der Waals surface area contributed by atoms with E-state index in [1.807, 2.05) is 12.1 Å². The summed E-state index contributed by atoms with van der Waals surface area (Å²) in [5.41, 5.74) is 3.78. The van der Waals surface area contributed by atoms with Crippen molar-refractivity contribution < 1.29 is 4.79 Å². The Kier molecular flexibility index (Phi) is 5.34. The summed E-state index contributed by atoms with van der Waals surface area (Å²) < 4.78 is 0. The first kappa shape index (κ1) is 19.4. The highest BCUT2D eigenvalue weighted by atomic mass is 35.5. The van der Waals surface area contributed by atoms with Crippen LogP contribution < -0.4 is 4.90 Å². The van der Waals surface area contributed by atoms with Gasteiger partial charge in [0.05, 0.1) is 22.3 Å². The van der Waals surface area contributed by atoms with Gasteiger partial charge in [0.25, 0.3) is 0 Å². The van der Waals surface area contributed by atoms with Gasteiger partial charge in [-0.05, 0) is 56.4 Å². The van der Waals surface area contributed by atoms with Crippen LogP contribution in [0.25, 0.3) is 22.4 Å². The zero-order chi connectivity index (χ0) is 20.5. The van der Waals surface area contributed by atoms with Gasteiger partial charge in [-0.3, -0.25) is 9.78 Å². The number of benzene rings is 1. The molecule has 30 heavy (non-hydrogen) atoms. The first-order valence-corrected chi connectivity index (χ1v) is 11.2. The Bertz CT molecular complexity index is 1020. The van der Waals surface area contributed by atoms with Crippen molar-refractivity contribution in [2.45, 2.75) is 32.1 Å². The van der Waals surface area contributed by atoms with E-state index in [1.165, 1.54) is 6.42 Å². The molecule has 0 atom stereocenters. The Balaban J connectivity index is 1.31. The average molecular weight is 424 g/mol. The van der Waals surface area contributed by atoms with Crippen LogP contribution in [0.3, 0.4) is 0 Å². The van der Waals surface area contributed by atoms with Gasteiger partial charge in [0.2, 0.25) is 5.91 Å². The van der Waals surface area contributed by atoms with E-state index in [2.05, 4.69) is 36.9 Å². The van der Waals surface area contributed by atoms with E-state index in [9.17, 15) is 4.79 Å². The van der Waals surface area contributed by atoms with Crippen LogP contribution in [0, 0.1) is 5.92 Å². The van der Waals surface area contributed by atoms with Crippen LogP contribution in [0.15, 0.2) is 36.7 Å². The number of fused-ring (bicyclic) bond motifs is 1. The average Bonchev–Trinajstić information content (AvgIpc) is 3.24. The van der Waals surface area contributed by atoms with Crippen molar-refractivity contribution in [3.63, 3.8) is 0 Å². The molecule has 1 amide bonds. The van der Waals surface area contributed by atoms with E-state index in [-0.39, 0.29) is 5.92 Å². The molecule has 156 valence electrons. The van der Waals surface area contributed by atoms with Crippen LogP contribution in [0.2, 0.25) is 5.02 Å². The molecule has 1 N–H and O–H groups in total. The van der Waals surface area contributed by atoms with Crippen LogP contribution in [-0.2, 0) is 4.79 Å². The first-order chi connectivity index (χ1) is 14.7. The lowest BCUT2D eigenvalue weighted by Gasteiger charge is -2.36. The van der Waals surface area contributed by atoms with Gasteiger partial charge in [-0.15, -0.1) is 0 Å². The maximum Gasteiger partial charge on any atom is 0.225 e. The molecule has 0 spiro atoms. The number of anilines is 1. The number of nitrogens with one attached hydrogen (secondary N) is 1. The predicted octanol–water partition coefficient (Wildman–Crippen LogP) is 4.51. The minimum absolute atomic E-state index is 0.161. The topological polar surface area (TPSA) is 65.1 Å². The van der Waals surface area contributed by atoms with Crippen LogP contribution in [0.5, 0.6) is 0 Å². The summed E-state index contributed by atoms with van der Waals surface area (Å²) in [5, 5.41) is 0.668. The van der Waals surface area contributed by atoms with Gasteiger partial charge < -0.3 is 14.8 Å². The molecule has 0 unspecified atom stereocenters. The Labute approximate surface area is 181 Å². The minimum atomic E-state index is 0.161. The molecule has 4 heterocycles. The number of nitrogens with zero attached hydrogens (tertiary/aromatic N) is 4. The van der Waals surface area contributed by atoms with Crippen LogP contribution in [-0.4, -0.2) is 51.9 Å². The number of halogens is 1. The van der Waals surface area contributed by atoms with Gasteiger partial charge >= 0.3 is 0 Å². The van der Waals surface area contributed by atoms with Crippen molar-refractivity contribution >= 4 is 34.2 Å². The SMILES string of the molecule is O=C(C1CCN(c2ccc(Cl)c(-c3nc4ccncc4[nH]3)c2)CC1)N1CCCCC1. The number of amides is 1. The van der Waals surface area contributed by atoms with Crippen molar-refractivity contribution in [1.29, 1.82) is 0 Å². The highest BCUT2D eigenvalue weighted by Gasteiger charge is 2.29. The third-order valence-electron chi connectivity index (χ3n) is 6.37. The van der Waals surface area contributed by atoms with E-state index >= 15 is 0 Å². The molecule has 0 radical (unpaired) electrons. The van der Waals surface area contributed by atoms with Gasteiger partial charge in [0.15, 0.2) is 0 Å². The number of imidazole rings is 1. The number of hydrogen-bond donors (Lipinski definition) is 1. The summed E-state index contributed by atoms with van der Waals surface area (Å²) in [7, 11) is 0. The molecule has 2 aliphatic heterocycles. The highest BCUT2D eigenvalue weighted by molar-refractivity contribution is 6.33. The lowest BCUT2D eigenvalue weighted by Crippen LogP contribution is -2.44. The quantitative estimate of drug-likeness (QED) is 0.673. The second kappa shape index (κ2) is 8.26. The molecule has 0 saturated carbocycles. The second-order valence-corrected chi connectivity index (χ2v) is 8.70. The Morgan fingerprint density at radius 3 is 2.63 bits per heavy atom. The Hall–Kier alpha value is -2.60. The number of hydrogen-bond acceptors (Lipinski definition) is 4. The van der Waals surface area contributed by atoms with Gasteiger partial charge in [-0.1, -0.05) is 11.6 Å². The molecule has 1 aromatic carbocycles. The zero-order valence-electron chi connectivity index (χ0n) is 17.0. The van der Waals surface area contributed by atoms with Crippen LogP contribution >= 0.6 is 11.6 Å². The summed E-state index contributed by atoms with van der Waals surface area (Å²) >= 11 is 6.50. The Morgan fingerprint density at radius 2 is 1.87 bits per heavy atom. The van der Waals surface area contributed by atoms with Crippen molar-refractivity contribution in [3.8, 4) is 11.4 Å². The monoisotopic (exact) mass is 423 g/mol. The number of aromatic amines is 1. The standard InChI is InChI=1S/C23H26ClN5O/c24-19-5-4-17(14-18(19)22-26-20-6-9-25-15-21(20)27-22)28-12-7-16(8-13-28)23(30)29-10-2-1-3-11-29/h4-6,9,14-16H,1-3,7-8,10-13H2,(H,26,27). The number of likely N-dealkylation sites (tertiary alicyclic amines) is 1. The fraction of sp³-hybridized carbons (Fsp3) is 0.435. The largest absolute Gasteiger partial charge is 0.371 e. The lowest BCUT2D eigenvalue weighted by atomic mass is 9.94. The van der Waals surface area contributed by atoms with Gasteiger partial charge in [-0.25, -0.2) is 4.98 Å². The number of piperidine rings is 2. The number of H-pyrrole nitrogens is 1. The third kappa shape index (κ3) is 3.76. The van der Waals surface area contributed by atoms with Crippen molar-refractivity contribution in [2.24, 2.45) is 5.92 Å². The van der Waals surface area contributed by atoms with Crippen molar-refractivity contribution in [2.75, 3.05) is 31.1 Å². The van der Waals surface area contributed by atoms with E-state index in [4.69, 9.17) is 11.6 Å². The fourth-order valence-electron chi connectivity index (χ4n) is 4.63. The van der Waals surface area contributed by atoms with Gasteiger partial charge in [-0.2, -0.15) is 0 Å².